The average Bonchev–Trinajstić information content (AvgIpc) is 2.17. The van der Waals surface area contributed by atoms with E-state index < -0.39 is 0 Å². The summed E-state index contributed by atoms with van der Waals surface area (Å²) < 4.78 is 0. The van der Waals surface area contributed by atoms with Crippen molar-refractivity contribution in [2.24, 2.45) is 0 Å². The van der Waals surface area contributed by atoms with Crippen molar-refractivity contribution >= 4 is 11.4 Å². The standard InChI is InChI=1S/C12H18N2O2/c1-4-8-12(2,3)13-10-6-5-7-11(9-10)14(15)16/h5-7,9,13H,4,8H2,1-3H3. The van der Waals surface area contributed by atoms with Gasteiger partial charge in [0.25, 0.3) is 5.69 Å². The number of nitro benzene ring substituents is 1. The maximum Gasteiger partial charge on any atom is 0.271 e. The van der Waals surface area contributed by atoms with Crippen LogP contribution in [0, 0.1) is 10.1 Å². The molecule has 16 heavy (non-hydrogen) atoms. The van der Waals surface area contributed by atoms with Gasteiger partial charge < -0.3 is 5.32 Å². The predicted octanol–water partition coefficient (Wildman–Crippen LogP) is 3.59. The van der Waals surface area contributed by atoms with E-state index in [4.69, 9.17) is 0 Å². The first-order valence-electron chi connectivity index (χ1n) is 5.47. The molecule has 0 heterocycles. The summed E-state index contributed by atoms with van der Waals surface area (Å²) in [6.45, 7) is 6.31. The van der Waals surface area contributed by atoms with Crippen molar-refractivity contribution in [2.45, 2.75) is 39.2 Å². The van der Waals surface area contributed by atoms with E-state index in [1.807, 2.05) is 6.07 Å². The maximum atomic E-state index is 10.6. The summed E-state index contributed by atoms with van der Waals surface area (Å²) in [6.07, 6.45) is 2.10. The summed E-state index contributed by atoms with van der Waals surface area (Å²) >= 11 is 0. The molecule has 1 aromatic carbocycles. The van der Waals surface area contributed by atoms with Gasteiger partial charge in [0.1, 0.15) is 0 Å². The second-order valence-electron chi connectivity index (χ2n) is 4.57. The minimum atomic E-state index is -0.377. The highest BCUT2D eigenvalue weighted by Crippen LogP contribution is 2.22. The van der Waals surface area contributed by atoms with Crippen molar-refractivity contribution in [3.63, 3.8) is 0 Å². The van der Waals surface area contributed by atoms with Gasteiger partial charge in [-0.15, -0.1) is 0 Å². The van der Waals surface area contributed by atoms with Crippen LogP contribution in [-0.4, -0.2) is 10.5 Å². The molecule has 88 valence electrons. The van der Waals surface area contributed by atoms with Crippen LogP contribution in [0.2, 0.25) is 0 Å². The molecule has 0 aromatic heterocycles. The lowest BCUT2D eigenvalue weighted by Crippen LogP contribution is -2.30. The molecule has 4 heteroatoms. The van der Waals surface area contributed by atoms with Crippen molar-refractivity contribution in [1.29, 1.82) is 0 Å². The first-order chi connectivity index (χ1) is 7.44. The van der Waals surface area contributed by atoms with E-state index in [1.165, 1.54) is 6.07 Å². The van der Waals surface area contributed by atoms with Crippen molar-refractivity contribution in [3.8, 4) is 0 Å². The SMILES string of the molecule is CCCC(C)(C)Nc1cccc([N+](=O)[O-])c1. The zero-order valence-electron chi connectivity index (χ0n) is 9.99. The van der Waals surface area contributed by atoms with E-state index >= 15 is 0 Å². The number of non-ortho nitro benzene ring substituents is 1. The van der Waals surface area contributed by atoms with Crippen molar-refractivity contribution in [1.82, 2.24) is 0 Å². The number of hydrogen-bond acceptors (Lipinski definition) is 3. The highest BCUT2D eigenvalue weighted by Gasteiger charge is 2.16. The monoisotopic (exact) mass is 222 g/mol. The number of nitrogens with one attached hydrogen (secondary N) is 1. The Morgan fingerprint density at radius 2 is 2.12 bits per heavy atom. The molecule has 1 aromatic rings. The normalized spacial score (nSPS) is 11.2. The second-order valence-corrected chi connectivity index (χ2v) is 4.57. The lowest BCUT2D eigenvalue weighted by Gasteiger charge is -2.27. The molecule has 0 aliphatic carbocycles. The smallest absolute Gasteiger partial charge is 0.271 e. The molecule has 0 aliphatic rings. The fourth-order valence-electron chi connectivity index (χ4n) is 1.78. The number of hydrogen-bond donors (Lipinski definition) is 1. The van der Waals surface area contributed by atoms with Crippen LogP contribution in [0.3, 0.4) is 0 Å². The molecule has 0 aliphatic heterocycles. The van der Waals surface area contributed by atoms with Gasteiger partial charge in [0.05, 0.1) is 4.92 Å². The van der Waals surface area contributed by atoms with Gasteiger partial charge in [0, 0.05) is 23.4 Å². The number of nitro groups is 1. The van der Waals surface area contributed by atoms with E-state index in [2.05, 4.69) is 26.1 Å². The number of anilines is 1. The van der Waals surface area contributed by atoms with E-state index in [9.17, 15) is 10.1 Å². The van der Waals surface area contributed by atoms with E-state index in [0.29, 0.717) is 0 Å². The van der Waals surface area contributed by atoms with E-state index in [0.717, 1.165) is 18.5 Å². The van der Waals surface area contributed by atoms with Crippen LogP contribution >= 0.6 is 0 Å². The minimum Gasteiger partial charge on any atom is -0.380 e. The van der Waals surface area contributed by atoms with Gasteiger partial charge in [-0.2, -0.15) is 0 Å². The van der Waals surface area contributed by atoms with Crippen LogP contribution in [0.5, 0.6) is 0 Å². The summed E-state index contributed by atoms with van der Waals surface area (Å²) in [7, 11) is 0. The lowest BCUT2D eigenvalue weighted by atomic mass is 9.98. The molecule has 0 atom stereocenters. The van der Waals surface area contributed by atoms with Crippen LogP contribution in [0.4, 0.5) is 11.4 Å². The van der Waals surface area contributed by atoms with Crippen molar-refractivity contribution < 1.29 is 4.92 Å². The summed E-state index contributed by atoms with van der Waals surface area (Å²) in [5.41, 5.74) is 0.884. The molecule has 1 N–H and O–H groups in total. The molecule has 0 radical (unpaired) electrons. The highest BCUT2D eigenvalue weighted by molar-refractivity contribution is 5.52. The van der Waals surface area contributed by atoms with Crippen LogP contribution in [0.1, 0.15) is 33.6 Å². The Kier molecular flexibility index (Phi) is 3.88. The lowest BCUT2D eigenvalue weighted by molar-refractivity contribution is -0.384. The molecule has 4 nitrogen and oxygen atoms in total. The summed E-state index contributed by atoms with van der Waals surface area (Å²) in [5.74, 6) is 0. The van der Waals surface area contributed by atoms with Gasteiger partial charge >= 0.3 is 0 Å². The van der Waals surface area contributed by atoms with Gasteiger partial charge in [-0.1, -0.05) is 19.4 Å². The third-order valence-corrected chi connectivity index (χ3v) is 2.41. The molecule has 0 bridgehead atoms. The van der Waals surface area contributed by atoms with Gasteiger partial charge in [0.15, 0.2) is 0 Å². The van der Waals surface area contributed by atoms with Crippen molar-refractivity contribution in [2.75, 3.05) is 5.32 Å². The van der Waals surface area contributed by atoms with Gasteiger partial charge in [0.2, 0.25) is 0 Å². The molecule has 1 rings (SSSR count). The molecule has 0 unspecified atom stereocenters. The summed E-state index contributed by atoms with van der Waals surface area (Å²) in [6, 6.07) is 6.61. The predicted molar refractivity (Wildman–Crippen MR) is 65.7 cm³/mol. The number of rotatable bonds is 5. The van der Waals surface area contributed by atoms with Gasteiger partial charge in [-0.05, 0) is 26.3 Å². The van der Waals surface area contributed by atoms with E-state index in [1.54, 1.807) is 12.1 Å². The first-order valence-corrected chi connectivity index (χ1v) is 5.47. The highest BCUT2D eigenvalue weighted by atomic mass is 16.6. The summed E-state index contributed by atoms with van der Waals surface area (Å²) in [4.78, 5) is 10.2. The Morgan fingerprint density at radius 1 is 1.44 bits per heavy atom. The van der Waals surface area contributed by atoms with Crippen LogP contribution in [0.25, 0.3) is 0 Å². The second kappa shape index (κ2) is 4.96. The molecule has 0 amide bonds. The molecule has 0 saturated carbocycles. The molecule has 0 saturated heterocycles. The Hall–Kier alpha value is -1.58. The van der Waals surface area contributed by atoms with Crippen LogP contribution in [-0.2, 0) is 0 Å². The fraction of sp³-hybridized carbons (Fsp3) is 0.500. The molecular weight excluding hydrogens is 204 g/mol. The third-order valence-electron chi connectivity index (χ3n) is 2.41. The van der Waals surface area contributed by atoms with Crippen LogP contribution < -0.4 is 5.32 Å². The van der Waals surface area contributed by atoms with Gasteiger partial charge in [-0.3, -0.25) is 10.1 Å². The Balaban J connectivity index is 2.81. The Bertz CT molecular complexity index is 375. The van der Waals surface area contributed by atoms with Crippen molar-refractivity contribution in [3.05, 3.63) is 34.4 Å². The topological polar surface area (TPSA) is 55.2 Å². The molecule has 0 spiro atoms. The van der Waals surface area contributed by atoms with E-state index in [-0.39, 0.29) is 16.1 Å². The fourth-order valence-corrected chi connectivity index (χ4v) is 1.78. The molecular formula is C12H18N2O2. The Morgan fingerprint density at radius 3 is 2.69 bits per heavy atom. The maximum absolute atomic E-state index is 10.6. The average molecular weight is 222 g/mol. The number of benzene rings is 1. The van der Waals surface area contributed by atoms with Gasteiger partial charge in [-0.25, -0.2) is 0 Å². The zero-order valence-corrected chi connectivity index (χ0v) is 9.99. The third kappa shape index (κ3) is 3.53. The first kappa shape index (κ1) is 12.5. The number of nitrogens with zero attached hydrogens (tertiary/aromatic N) is 1. The minimum absolute atomic E-state index is 0.0377. The molecule has 0 fully saturated rings. The Labute approximate surface area is 95.8 Å². The largest absolute Gasteiger partial charge is 0.380 e. The summed E-state index contributed by atoms with van der Waals surface area (Å²) in [5, 5.41) is 13.9. The van der Waals surface area contributed by atoms with Crippen LogP contribution in [0.15, 0.2) is 24.3 Å². The zero-order chi connectivity index (χ0) is 12.2. The quantitative estimate of drug-likeness (QED) is 0.612.